The number of amides is 1. The van der Waals surface area contributed by atoms with Crippen molar-refractivity contribution in [3.05, 3.63) is 74.6 Å². The van der Waals surface area contributed by atoms with Crippen LogP contribution < -0.4 is 4.74 Å². The molecule has 2 aromatic heterocycles. The van der Waals surface area contributed by atoms with Gasteiger partial charge in [0.2, 0.25) is 0 Å². The van der Waals surface area contributed by atoms with Gasteiger partial charge in [-0.3, -0.25) is 9.59 Å². The third-order valence-corrected chi connectivity index (χ3v) is 6.13. The summed E-state index contributed by atoms with van der Waals surface area (Å²) in [5, 5.41) is 10.1. The highest BCUT2D eigenvalue weighted by Gasteiger charge is 2.34. The fourth-order valence-corrected chi connectivity index (χ4v) is 4.48. The zero-order chi connectivity index (χ0) is 18.6. The van der Waals surface area contributed by atoms with Gasteiger partial charge in [-0.25, -0.2) is 5.01 Å². The second kappa shape index (κ2) is 7.85. The summed E-state index contributed by atoms with van der Waals surface area (Å²) in [5.41, 5.74) is 1.33. The maximum atomic E-state index is 12.9. The van der Waals surface area contributed by atoms with Crippen molar-refractivity contribution in [1.29, 1.82) is 0 Å². The zero-order valence-corrected chi connectivity index (χ0v) is 15.9. The lowest BCUT2D eigenvalue weighted by Crippen LogP contribution is -2.31. The van der Waals surface area contributed by atoms with Gasteiger partial charge in [0, 0.05) is 11.3 Å². The van der Waals surface area contributed by atoms with Gasteiger partial charge in [0.15, 0.2) is 12.9 Å². The van der Waals surface area contributed by atoms with Gasteiger partial charge in [0.05, 0.1) is 22.2 Å². The molecule has 0 fully saturated rings. The maximum absolute atomic E-state index is 12.9. The SMILES string of the molecule is O=Cc1ccccc1OCC(=O)N1N=C(c2cccs2)CC1c1cccs1. The highest BCUT2D eigenvalue weighted by atomic mass is 32.1. The first kappa shape index (κ1) is 17.6. The number of carbonyl (C=O) groups excluding carboxylic acids is 2. The summed E-state index contributed by atoms with van der Waals surface area (Å²) < 4.78 is 5.61. The van der Waals surface area contributed by atoms with Gasteiger partial charge in [-0.15, -0.1) is 22.7 Å². The van der Waals surface area contributed by atoms with Crippen LogP contribution in [-0.2, 0) is 4.79 Å². The average Bonchev–Trinajstić information content (AvgIpc) is 3.46. The Bertz CT molecular complexity index is 965. The van der Waals surface area contributed by atoms with E-state index in [9.17, 15) is 9.59 Å². The molecule has 0 saturated heterocycles. The second-order valence-corrected chi connectivity index (χ2v) is 7.87. The van der Waals surface area contributed by atoms with Crippen molar-refractivity contribution in [2.75, 3.05) is 6.61 Å². The molecule has 1 aliphatic heterocycles. The predicted octanol–water partition coefficient (Wildman–Crippen LogP) is 4.38. The van der Waals surface area contributed by atoms with Gasteiger partial charge >= 0.3 is 0 Å². The van der Waals surface area contributed by atoms with Gasteiger partial charge < -0.3 is 4.74 Å². The minimum atomic E-state index is -0.236. The molecule has 0 spiro atoms. The highest BCUT2D eigenvalue weighted by Crippen LogP contribution is 2.36. The summed E-state index contributed by atoms with van der Waals surface area (Å²) in [5.74, 6) is 0.163. The molecule has 5 nitrogen and oxygen atoms in total. The van der Waals surface area contributed by atoms with Crippen LogP contribution >= 0.6 is 22.7 Å². The number of aldehydes is 1. The molecule has 1 aliphatic rings. The first-order valence-electron chi connectivity index (χ1n) is 8.40. The Morgan fingerprint density at radius 3 is 2.70 bits per heavy atom. The molecule has 3 aromatic rings. The lowest BCUT2D eigenvalue weighted by molar-refractivity contribution is -0.135. The summed E-state index contributed by atoms with van der Waals surface area (Å²) in [6.07, 6.45) is 1.40. The molecule has 0 bridgehead atoms. The number of para-hydroxylation sites is 1. The second-order valence-electron chi connectivity index (χ2n) is 5.94. The minimum absolute atomic E-state index is 0.125. The molecular weight excluding hydrogens is 380 g/mol. The number of hydrazone groups is 1. The number of hydrogen-bond acceptors (Lipinski definition) is 6. The molecule has 7 heteroatoms. The Hall–Kier alpha value is -2.77. The quantitative estimate of drug-likeness (QED) is 0.581. The van der Waals surface area contributed by atoms with Gasteiger partial charge in [-0.05, 0) is 35.0 Å². The van der Waals surface area contributed by atoms with Gasteiger partial charge in [0.25, 0.3) is 5.91 Å². The van der Waals surface area contributed by atoms with Crippen molar-refractivity contribution >= 4 is 40.6 Å². The molecule has 27 heavy (non-hydrogen) atoms. The van der Waals surface area contributed by atoms with E-state index in [4.69, 9.17) is 4.74 Å². The van der Waals surface area contributed by atoms with Crippen LogP contribution in [0, 0.1) is 0 Å². The largest absolute Gasteiger partial charge is 0.483 e. The molecule has 1 atom stereocenters. The monoisotopic (exact) mass is 396 g/mol. The molecule has 0 radical (unpaired) electrons. The zero-order valence-electron chi connectivity index (χ0n) is 14.3. The van der Waals surface area contributed by atoms with Crippen LogP contribution in [0.5, 0.6) is 5.75 Å². The topological polar surface area (TPSA) is 59.0 Å². The molecule has 0 N–H and O–H groups in total. The molecule has 136 valence electrons. The molecule has 4 rings (SSSR count). The fraction of sp³-hybridized carbons (Fsp3) is 0.150. The lowest BCUT2D eigenvalue weighted by atomic mass is 10.1. The van der Waals surface area contributed by atoms with E-state index < -0.39 is 0 Å². The van der Waals surface area contributed by atoms with E-state index in [0.717, 1.165) is 21.8 Å². The van der Waals surface area contributed by atoms with Crippen LogP contribution in [-0.4, -0.2) is 29.5 Å². The van der Waals surface area contributed by atoms with E-state index in [1.807, 2.05) is 35.0 Å². The minimum Gasteiger partial charge on any atom is -0.483 e. The van der Waals surface area contributed by atoms with E-state index >= 15 is 0 Å². The Kier molecular flexibility index (Phi) is 5.13. The van der Waals surface area contributed by atoms with Crippen molar-refractivity contribution < 1.29 is 14.3 Å². The Morgan fingerprint density at radius 2 is 1.96 bits per heavy atom. The number of benzene rings is 1. The Labute approximate surface area is 164 Å². The standard InChI is InChI=1S/C20H16N2O3S2/c23-12-14-5-1-2-6-17(14)25-13-20(24)22-16(19-8-4-10-27-19)11-15(21-22)18-7-3-9-26-18/h1-10,12,16H,11,13H2. The van der Waals surface area contributed by atoms with E-state index in [-0.39, 0.29) is 18.6 Å². The fourth-order valence-electron chi connectivity index (χ4n) is 2.95. The Morgan fingerprint density at radius 1 is 1.15 bits per heavy atom. The summed E-state index contributed by atoms with van der Waals surface area (Å²) in [6.45, 7) is -0.173. The molecular formula is C20H16N2O3S2. The third kappa shape index (κ3) is 3.70. The molecule has 1 unspecified atom stereocenters. The van der Waals surface area contributed by atoms with Crippen LogP contribution in [0.2, 0.25) is 0 Å². The van der Waals surface area contributed by atoms with Crippen LogP contribution in [0.4, 0.5) is 0 Å². The van der Waals surface area contributed by atoms with Crippen LogP contribution in [0.3, 0.4) is 0 Å². The van der Waals surface area contributed by atoms with Crippen molar-refractivity contribution in [2.24, 2.45) is 5.10 Å². The van der Waals surface area contributed by atoms with Gasteiger partial charge in [-0.2, -0.15) is 5.10 Å². The van der Waals surface area contributed by atoms with E-state index in [1.165, 1.54) is 5.01 Å². The molecule has 1 aromatic carbocycles. The van der Waals surface area contributed by atoms with Crippen molar-refractivity contribution in [3.63, 3.8) is 0 Å². The third-order valence-electron chi connectivity index (χ3n) is 4.24. The first-order valence-corrected chi connectivity index (χ1v) is 10.2. The Balaban J connectivity index is 1.54. The molecule has 1 amide bonds. The molecule has 0 saturated carbocycles. The molecule has 3 heterocycles. The lowest BCUT2D eigenvalue weighted by Gasteiger charge is -2.20. The van der Waals surface area contributed by atoms with E-state index in [2.05, 4.69) is 5.10 Å². The number of hydrogen-bond donors (Lipinski definition) is 0. The van der Waals surface area contributed by atoms with E-state index in [0.29, 0.717) is 17.7 Å². The summed E-state index contributed by atoms with van der Waals surface area (Å²) in [7, 11) is 0. The highest BCUT2D eigenvalue weighted by molar-refractivity contribution is 7.12. The smallest absolute Gasteiger partial charge is 0.281 e. The summed E-state index contributed by atoms with van der Waals surface area (Å²) in [4.78, 5) is 26.1. The van der Waals surface area contributed by atoms with Gasteiger partial charge in [-0.1, -0.05) is 24.3 Å². The van der Waals surface area contributed by atoms with Gasteiger partial charge in [0.1, 0.15) is 5.75 Å². The van der Waals surface area contributed by atoms with Crippen molar-refractivity contribution in [3.8, 4) is 5.75 Å². The first-order chi connectivity index (χ1) is 13.3. The summed E-state index contributed by atoms with van der Waals surface area (Å²) >= 11 is 3.22. The number of thiophene rings is 2. The van der Waals surface area contributed by atoms with Crippen LogP contribution in [0.15, 0.2) is 64.4 Å². The van der Waals surface area contributed by atoms with Crippen molar-refractivity contribution in [2.45, 2.75) is 12.5 Å². The number of carbonyl (C=O) groups is 2. The number of ether oxygens (including phenoxy) is 1. The average molecular weight is 396 g/mol. The predicted molar refractivity (Wildman–Crippen MR) is 107 cm³/mol. The van der Waals surface area contributed by atoms with Crippen molar-refractivity contribution in [1.82, 2.24) is 5.01 Å². The number of rotatable bonds is 6. The van der Waals surface area contributed by atoms with Crippen LogP contribution in [0.1, 0.15) is 32.6 Å². The summed E-state index contributed by atoms with van der Waals surface area (Å²) in [6, 6.07) is 14.7. The normalized spacial score (nSPS) is 16.2. The number of nitrogens with zero attached hydrogens (tertiary/aromatic N) is 2. The maximum Gasteiger partial charge on any atom is 0.281 e. The van der Waals surface area contributed by atoms with E-state index in [1.54, 1.807) is 46.9 Å². The molecule has 0 aliphatic carbocycles. The van der Waals surface area contributed by atoms with Crippen LogP contribution in [0.25, 0.3) is 0 Å².